The monoisotopic (exact) mass is 510 g/mol. The average molecular weight is 510 g/mol. The molecular formula is C23H35IN4O. The fourth-order valence-electron chi connectivity index (χ4n) is 2.93. The molecule has 0 radical (unpaired) electrons. The number of aliphatic hydroxyl groups is 1. The molecule has 0 amide bonds. The predicted octanol–water partition coefficient (Wildman–Crippen LogP) is 3.94. The first kappa shape index (κ1) is 25.4. The first-order valence-corrected chi connectivity index (χ1v) is 10.1. The van der Waals surface area contributed by atoms with Crippen molar-refractivity contribution in [2.75, 3.05) is 26.7 Å². The highest BCUT2D eigenvalue weighted by molar-refractivity contribution is 14.0. The lowest BCUT2D eigenvalue weighted by atomic mass is 10.1. The summed E-state index contributed by atoms with van der Waals surface area (Å²) in [6, 6.07) is 18.3. The third-order valence-corrected chi connectivity index (χ3v) is 4.64. The van der Waals surface area contributed by atoms with Gasteiger partial charge in [-0.15, -0.1) is 24.0 Å². The second-order valence-corrected chi connectivity index (χ2v) is 6.99. The van der Waals surface area contributed by atoms with Crippen molar-refractivity contribution in [2.24, 2.45) is 4.99 Å². The minimum atomic E-state index is -0.469. The molecule has 0 spiro atoms. The van der Waals surface area contributed by atoms with Crippen LogP contribution < -0.4 is 10.6 Å². The van der Waals surface area contributed by atoms with E-state index in [4.69, 9.17) is 4.99 Å². The van der Waals surface area contributed by atoms with Crippen LogP contribution in [-0.4, -0.2) is 42.6 Å². The molecule has 0 aliphatic heterocycles. The Bertz CT molecular complexity index is 724. The Hall–Kier alpha value is -1.64. The van der Waals surface area contributed by atoms with E-state index in [0.717, 1.165) is 31.2 Å². The molecule has 0 fully saturated rings. The van der Waals surface area contributed by atoms with Gasteiger partial charge in [-0.25, -0.2) is 4.99 Å². The van der Waals surface area contributed by atoms with Gasteiger partial charge in [-0.1, -0.05) is 61.5 Å². The molecule has 0 heterocycles. The topological polar surface area (TPSA) is 59.9 Å². The molecule has 2 aromatic rings. The minimum absolute atomic E-state index is 0. The molecule has 0 aromatic heterocycles. The molecule has 0 bridgehead atoms. The highest BCUT2D eigenvalue weighted by Gasteiger charge is 2.07. The van der Waals surface area contributed by atoms with Gasteiger partial charge in [0.2, 0.25) is 0 Å². The number of rotatable bonds is 10. The summed E-state index contributed by atoms with van der Waals surface area (Å²) in [4.78, 5) is 6.98. The van der Waals surface area contributed by atoms with E-state index in [-0.39, 0.29) is 24.0 Å². The van der Waals surface area contributed by atoms with E-state index in [1.165, 1.54) is 11.1 Å². The number of aliphatic hydroxyl groups excluding tert-OH is 1. The summed E-state index contributed by atoms with van der Waals surface area (Å²) in [5.41, 5.74) is 3.45. The lowest BCUT2D eigenvalue weighted by molar-refractivity contribution is 0.168. The smallest absolute Gasteiger partial charge is 0.191 e. The van der Waals surface area contributed by atoms with Crippen LogP contribution in [0, 0.1) is 0 Å². The highest BCUT2D eigenvalue weighted by Crippen LogP contribution is 2.14. The van der Waals surface area contributed by atoms with Crippen molar-refractivity contribution in [3.63, 3.8) is 0 Å². The Morgan fingerprint density at radius 1 is 1.03 bits per heavy atom. The molecule has 2 rings (SSSR count). The SMILES string of the molecule is CCNC(=NCc1cccc(CN(C)CC)c1)NCCC(O)c1ccccc1.I. The Balaban J connectivity index is 0.00000420. The van der Waals surface area contributed by atoms with Crippen molar-refractivity contribution in [2.45, 2.75) is 39.5 Å². The number of hydrogen-bond donors (Lipinski definition) is 3. The van der Waals surface area contributed by atoms with Gasteiger partial charge < -0.3 is 20.6 Å². The lowest BCUT2D eigenvalue weighted by Crippen LogP contribution is -2.38. The van der Waals surface area contributed by atoms with E-state index in [0.29, 0.717) is 19.5 Å². The molecule has 29 heavy (non-hydrogen) atoms. The quantitative estimate of drug-likeness (QED) is 0.258. The molecule has 1 unspecified atom stereocenters. The zero-order valence-electron chi connectivity index (χ0n) is 17.8. The normalized spacial score (nSPS) is 12.4. The lowest BCUT2D eigenvalue weighted by Gasteiger charge is -2.15. The zero-order chi connectivity index (χ0) is 20.2. The van der Waals surface area contributed by atoms with Crippen molar-refractivity contribution in [3.05, 3.63) is 71.3 Å². The van der Waals surface area contributed by atoms with Crippen molar-refractivity contribution in [3.8, 4) is 0 Å². The first-order chi connectivity index (χ1) is 13.6. The van der Waals surface area contributed by atoms with Gasteiger partial charge in [0, 0.05) is 19.6 Å². The molecule has 1 atom stereocenters. The number of nitrogens with one attached hydrogen (secondary N) is 2. The van der Waals surface area contributed by atoms with Crippen LogP contribution in [0.1, 0.15) is 43.1 Å². The number of aliphatic imine (C=N–C) groups is 1. The Labute approximate surface area is 192 Å². The largest absolute Gasteiger partial charge is 0.388 e. The van der Waals surface area contributed by atoms with Gasteiger partial charge >= 0.3 is 0 Å². The Morgan fingerprint density at radius 2 is 1.76 bits per heavy atom. The van der Waals surface area contributed by atoms with Crippen LogP contribution in [0.15, 0.2) is 59.6 Å². The molecule has 160 valence electrons. The van der Waals surface area contributed by atoms with E-state index in [9.17, 15) is 5.11 Å². The maximum atomic E-state index is 10.3. The number of hydrogen-bond acceptors (Lipinski definition) is 3. The summed E-state index contributed by atoms with van der Waals surface area (Å²) in [5.74, 6) is 0.777. The van der Waals surface area contributed by atoms with E-state index < -0.39 is 6.10 Å². The number of benzene rings is 2. The Morgan fingerprint density at radius 3 is 2.45 bits per heavy atom. The molecule has 0 saturated carbocycles. The molecule has 6 heteroatoms. The van der Waals surface area contributed by atoms with Gasteiger partial charge in [0.05, 0.1) is 12.6 Å². The van der Waals surface area contributed by atoms with Crippen molar-refractivity contribution < 1.29 is 5.11 Å². The fraction of sp³-hybridized carbons (Fsp3) is 0.435. The molecule has 3 N–H and O–H groups in total. The minimum Gasteiger partial charge on any atom is -0.388 e. The van der Waals surface area contributed by atoms with Crippen molar-refractivity contribution in [1.82, 2.24) is 15.5 Å². The van der Waals surface area contributed by atoms with Gasteiger partial charge in [0.25, 0.3) is 0 Å². The highest BCUT2D eigenvalue weighted by atomic mass is 127. The molecule has 0 aliphatic rings. The molecular weight excluding hydrogens is 475 g/mol. The van der Waals surface area contributed by atoms with Gasteiger partial charge in [-0.05, 0) is 43.6 Å². The van der Waals surface area contributed by atoms with E-state index in [2.05, 4.69) is 60.7 Å². The van der Waals surface area contributed by atoms with Crippen molar-refractivity contribution >= 4 is 29.9 Å². The summed E-state index contributed by atoms with van der Waals surface area (Å²) in [5, 5.41) is 16.9. The van der Waals surface area contributed by atoms with Crippen LogP contribution in [0.2, 0.25) is 0 Å². The van der Waals surface area contributed by atoms with Crippen LogP contribution in [0.3, 0.4) is 0 Å². The summed E-state index contributed by atoms with van der Waals surface area (Å²) in [6.07, 6.45) is 0.164. The van der Waals surface area contributed by atoms with E-state index in [1.54, 1.807) is 0 Å². The van der Waals surface area contributed by atoms with Crippen LogP contribution in [-0.2, 0) is 13.1 Å². The van der Waals surface area contributed by atoms with Gasteiger partial charge in [-0.3, -0.25) is 0 Å². The zero-order valence-corrected chi connectivity index (χ0v) is 20.1. The summed E-state index contributed by atoms with van der Waals surface area (Å²) >= 11 is 0. The summed E-state index contributed by atoms with van der Waals surface area (Å²) < 4.78 is 0. The number of nitrogens with zero attached hydrogens (tertiary/aromatic N) is 2. The molecule has 0 aliphatic carbocycles. The van der Waals surface area contributed by atoms with Crippen LogP contribution in [0.5, 0.6) is 0 Å². The second kappa shape index (κ2) is 14.4. The number of guanidine groups is 1. The van der Waals surface area contributed by atoms with Gasteiger partial charge in [0.1, 0.15) is 0 Å². The summed E-state index contributed by atoms with van der Waals surface area (Å²) in [7, 11) is 2.13. The predicted molar refractivity (Wildman–Crippen MR) is 133 cm³/mol. The average Bonchev–Trinajstić information content (AvgIpc) is 2.72. The van der Waals surface area contributed by atoms with Gasteiger partial charge in [-0.2, -0.15) is 0 Å². The van der Waals surface area contributed by atoms with Crippen LogP contribution in [0.25, 0.3) is 0 Å². The number of halogens is 1. The van der Waals surface area contributed by atoms with E-state index >= 15 is 0 Å². The van der Waals surface area contributed by atoms with E-state index in [1.807, 2.05) is 30.3 Å². The second-order valence-electron chi connectivity index (χ2n) is 6.99. The van der Waals surface area contributed by atoms with Crippen LogP contribution in [0.4, 0.5) is 0 Å². The fourth-order valence-corrected chi connectivity index (χ4v) is 2.93. The third-order valence-electron chi connectivity index (χ3n) is 4.64. The summed E-state index contributed by atoms with van der Waals surface area (Å²) in [6.45, 7) is 8.28. The van der Waals surface area contributed by atoms with Gasteiger partial charge in [0.15, 0.2) is 5.96 Å². The maximum Gasteiger partial charge on any atom is 0.191 e. The van der Waals surface area contributed by atoms with Crippen LogP contribution >= 0.6 is 24.0 Å². The molecule has 0 saturated heterocycles. The maximum absolute atomic E-state index is 10.3. The molecule has 2 aromatic carbocycles. The molecule has 5 nitrogen and oxygen atoms in total. The standard InChI is InChI=1S/C23H34N4O.HI/c1-4-24-23(25-15-14-22(28)21-12-7-6-8-13-21)26-17-19-10-9-11-20(16-19)18-27(3)5-2;/h6-13,16,22,28H,4-5,14-15,17-18H2,1-3H3,(H2,24,25,26);1H. The third kappa shape index (κ3) is 9.60. The van der Waals surface area contributed by atoms with Crippen molar-refractivity contribution in [1.29, 1.82) is 0 Å². The first-order valence-electron chi connectivity index (χ1n) is 10.1. The Kier molecular flexibility index (Phi) is 12.6.